The first-order valence-electron chi connectivity index (χ1n) is 7.89. The minimum absolute atomic E-state index is 0.214. The van der Waals surface area contributed by atoms with Gasteiger partial charge in [0.25, 0.3) is 0 Å². The lowest BCUT2D eigenvalue weighted by atomic mass is 9.92. The number of nitrogens with two attached hydrogens (primary N) is 1. The van der Waals surface area contributed by atoms with E-state index < -0.39 is 0 Å². The van der Waals surface area contributed by atoms with Crippen LogP contribution in [0.1, 0.15) is 42.0 Å². The fraction of sp³-hybridized carbons (Fsp3) is 0.471. The van der Waals surface area contributed by atoms with Crippen molar-refractivity contribution < 1.29 is 0 Å². The summed E-state index contributed by atoms with van der Waals surface area (Å²) in [4.78, 5) is 0. The number of aryl methyl sites for hydroxylation is 2. The van der Waals surface area contributed by atoms with E-state index in [4.69, 9.17) is 5.84 Å². The van der Waals surface area contributed by atoms with Gasteiger partial charge in [0.2, 0.25) is 0 Å². The summed E-state index contributed by atoms with van der Waals surface area (Å²) < 4.78 is 1.97. The van der Waals surface area contributed by atoms with Crippen LogP contribution in [0, 0.1) is 11.8 Å². The highest BCUT2D eigenvalue weighted by Gasteiger charge is 2.56. The van der Waals surface area contributed by atoms with Crippen LogP contribution in [-0.4, -0.2) is 9.78 Å². The predicted molar refractivity (Wildman–Crippen MR) is 82.4 cm³/mol. The maximum Gasteiger partial charge on any atom is 0.0538 e. The lowest BCUT2D eigenvalue weighted by molar-refractivity contribution is 0.459. The third-order valence-corrected chi connectivity index (χ3v) is 5.29. The quantitative estimate of drug-likeness (QED) is 0.668. The van der Waals surface area contributed by atoms with Gasteiger partial charge in [-0.25, -0.2) is 0 Å². The molecule has 1 fully saturated rings. The van der Waals surface area contributed by atoms with Gasteiger partial charge >= 0.3 is 0 Å². The molecule has 21 heavy (non-hydrogen) atoms. The predicted octanol–water partition coefficient (Wildman–Crippen LogP) is 2.38. The second-order valence-electron chi connectivity index (χ2n) is 6.28. The van der Waals surface area contributed by atoms with Crippen molar-refractivity contribution in [2.75, 3.05) is 0 Å². The Balaban J connectivity index is 1.63. The fourth-order valence-electron chi connectivity index (χ4n) is 4.22. The van der Waals surface area contributed by atoms with Crippen LogP contribution in [0.3, 0.4) is 0 Å². The van der Waals surface area contributed by atoms with Crippen molar-refractivity contribution in [2.24, 2.45) is 17.7 Å². The number of fused-ring (bicyclic) bond motifs is 3. The molecule has 1 aromatic carbocycles. The van der Waals surface area contributed by atoms with Crippen molar-refractivity contribution in [1.29, 1.82) is 0 Å². The Morgan fingerprint density at radius 3 is 3.05 bits per heavy atom. The monoisotopic (exact) mass is 282 g/mol. The van der Waals surface area contributed by atoms with Crippen LogP contribution in [-0.2, 0) is 13.0 Å². The SMILES string of the molecule is CCn1cc(C(NN)C2C3CCc4ccccc4C32)cn1. The molecule has 0 spiro atoms. The van der Waals surface area contributed by atoms with E-state index in [1.165, 1.54) is 24.0 Å². The molecule has 0 amide bonds. The maximum atomic E-state index is 5.88. The highest BCUT2D eigenvalue weighted by atomic mass is 15.3. The average molecular weight is 282 g/mol. The molecule has 1 saturated carbocycles. The Bertz CT molecular complexity index is 648. The summed E-state index contributed by atoms with van der Waals surface area (Å²) in [6, 6.07) is 9.11. The van der Waals surface area contributed by atoms with Gasteiger partial charge in [0.1, 0.15) is 0 Å². The zero-order valence-corrected chi connectivity index (χ0v) is 12.4. The van der Waals surface area contributed by atoms with Gasteiger partial charge in [-0.2, -0.15) is 5.10 Å². The first-order chi connectivity index (χ1) is 10.3. The highest BCUT2D eigenvalue weighted by Crippen LogP contribution is 2.63. The Morgan fingerprint density at radius 1 is 1.43 bits per heavy atom. The van der Waals surface area contributed by atoms with Crippen LogP contribution < -0.4 is 11.3 Å². The Morgan fingerprint density at radius 2 is 2.29 bits per heavy atom. The van der Waals surface area contributed by atoms with Crippen LogP contribution in [0.25, 0.3) is 0 Å². The van der Waals surface area contributed by atoms with Crippen molar-refractivity contribution in [1.82, 2.24) is 15.2 Å². The van der Waals surface area contributed by atoms with Gasteiger partial charge in [-0.05, 0) is 48.6 Å². The first kappa shape index (κ1) is 13.0. The van der Waals surface area contributed by atoms with Gasteiger partial charge in [-0.15, -0.1) is 0 Å². The van der Waals surface area contributed by atoms with Crippen LogP contribution >= 0.6 is 0 Å². The van der Waals surface area contributed by atoms with Crippen LogP contribution in [0.15, 0.2) is 36.7 Å². The van der Waals surface area contributed by atoms with Crippen LogP contribution in [0.5, 0.6) is 0 Å². The average Bonchev–Trinajstić information content (AvgIpc) is 3.06. The molecule has 4 rings (SSSR count). The summed E-state index contributed by atoms with van der Waals surface area (Å²) in [5.74, 6) is 7.93. The lowest BCUT2D eigenvalue weighted by Gasteiger charge is -2.14. The second kappa shape index (κ2) is 4.97. The molecule has 0 radical (unpaired) electrons. The van der Waals surface area contributed by atoms with Crippen molar-refractivity contribution >= 4 is 0 Å². The van der Waals surface area contributed by atoms with Gasteiger partial charge in [-0.3, -0.25) is 16.0 Å². The number of nitrogens with zero attached hydrogens (tertiary/aromatic N) is 2. The van der Waals surface area contributed by atoms with Gasteiger partial charge in [0.15, 0.2) is 0 Å². The number of aromatic nitrogens is 2. The molecule has 0 saturated heterocycles. The van der Waals surface area contributed by atoms with Crippen molar-refractivity contribution in [2.45, 2.75) is 38.3 Å². The first-order valence-corrected chi connectivity index (χ1v) is 7.89. The molecule has 4 unspecified atom stereocenters. The molecule has 4 nitrogen and oxygen atoms in total. The molecule has 0 bridgehead atoms. The number of rotatable bonds is 4. The zero-order valence-electron chi connectivity index (χ0n) is 12.4. The fourth-order valence-corrected chi connectivity index (χ4v) is 4.22. The number of hydrogen-bond donors (Lipinski definition) is 2. The van der Waals surface area contributed by atoms with Gasteiger partial charge in [-0.1, -0.05) is 24.3 Å². The normalized spacial score (nSPS) is 27.8. The third kappa shape index (κ3) is 2.01. The molecule has 2 aliphatic rings. The summed E-state index contributed by atoms with van der Waals surface area (Å²) in [6.45, 7) is 3.01. The summed E-state index contributed by atoms with van der Waals surface area (Å²) >= 11 is 0. The van der Waals surface area contributed by atoms with Crippen LogP contribution in [0.4, 0.5) is 0 Å². The van der Waals surface area contributed by atoms with E-state index in [0.717, 1.165) is 12.5 Å². The molecule has 1 aromatic heterocycles. The van der Waals surface area contributed by atoms with Crippen molar-refractivity contribution in [3.05, 3.63) is 53.3 Å². The van der Waals surface area contributed by atoms with E-state index in [0.29, 0.717) is 11.8 Å². The van der Waals surface area contributed by atoms with E-state index >= 15 is 0 Å². The van der Waals surface area contributed by atoms with Gasteiger partial charge < -0.3 is 0 Å². The minimum atomic E-state index is 0.214. The standard InChI is InChI=1S/C17H22N4/c1-2-21-10-12(9-19-21)17(20-18)16-14-8-7-11-5-3-4-6-13(11)15(14)16/h3-6,9-10,14-17,20H,2,7-8,18H2,1H3. The third-order valence-electron chi connectivity index (χ3n) is 5.29. The molecule has 110 valence electrons. The van der Waals surface area contributed by atoms with E-state index in [2.05, 4.69) is 47.9 Å². The second-order valence-corrected chi connectivity index (χ2v) is 6.28. The number of hydrogen-bond acceptors (Lipinski definition) is 3. The largest absolute Gasteiger partial charge is 0.273 e. The topological polar surface area (TPSA) is 55.9 Å². The van der Waals surface area contributed by atoms with E-state index in [9.17, 15) is 0 Å². The molecule has 1 heterocycles. The molecule has 0 aliphatic heterocycles. The Labute approximate surface area is 125 Å². The Hall–Kier alpha value is -1.65. The molecule has 2 aliphatic carbocycles. The molecule has 4 atom stereocenters. The summed E-state index contributed by atoms with van der Waals surface area (Å²) in [5, 5.41) is 4.40. The van der Waals surface area contributed by atoms with Crippen LogP contribution in [0.2, 0.25) is 0 Å². The summed E-state index contributed by atoms with van der Waals surface area (Å²) in [7, 11) is 0. The number of hydrazine groups is 1. The zero-order chi connectivity index (χ0) is 14.4. The number of benzene rings is 1. The highest BCUT2D eigenvalue weighted by molar-refractivity contribution is 5.41. The minimum Gasteiger partial charge on any atom is -0.273 e. The van der Waals surface area contributed by atoms with E-state index in [1.54, 1.807) is 5.56 Å². The van der Waals surface area contributed by atoms with Crippen molar-refractivity contribution in [3.8, 4) is 0 Å². The van der Waals surface area contributed by atoms with Crippen molar-refractivity contribution in [3.63, 3.8) is 0 Å². The molecular formula is C17H22N4. The molecule has 3 N–H and O–H groups in total. The Kier molecular flexibility index (Phi) is 3.08. The number of nitrogens with one attached hydrogen (secondary N) is 1. The maximum absolute atomic E-state index is 5.88. The smallest absolute Gasteiger partial charge is 0.0538 e. The van der Waals surface area contributed by atoms with Gasteiger partial charge in [0, 0.05) is 18.3 Å². The summed E-state index contributed by atoms with van der Waals surface area (Å²) in [5.41, 5.74) is 7.34. The lowest BCUT2D eigenvalue weighted by Crippen LogP contribution is -2.30. The molecule has 2 aromatic rings. The molecule has 4 heteroatoms. The van der Waals surface area contributed by atoms with E-state index in [1.807, 2.05) is 10.9 Å². The summed E-state index contributed by atoms with van der Waals surface area (Å²) in [6.07, 6.45) is 6.58. The van der Waals surface area contributed by atoms with E-state index in [-0.39, 0.29) is 6.04 Å². The van der Waals surface area contributed by atoms with Gasteiger partial charge in [0.05, 0.1) is 12.2 Å². The molecular weight excluding hydrogens is 260 g/mol.